The number of epoxide rings is 1. The number of ether oxygens (including phenoxy) is 1. The van der Waals surface area contributed by atoms with E-state index >= 15 is 0 Å². The summed E-state index contributed by atoms with van der Waals surface area (Å²) in [5, 5.41) is 2.13. The second-order valence-electron chi connectivity index (χ2n) is 2.01. The standard InChI is InChI=1S/C6H5BrOS/c7-6-1-4(3-9-6)5-2-8-5/h1,3,5H,2H2/t5-/m0/s1. The molecule has 1 nitrogen and oxygen atoms in total. The zero-order valence-corrected chi connectivity index (χ0v) is 7.04. The first-order valence-electron chi connectivity index (χ1n) is 2.72. The van der Waals surface area contributed by atoms with Gasteiger partial charge in [0.2, 0.25) is 0 Å². The molecule has 0 amide bonds. The molecule has 1 aromatic heterocycles. The summed E-state index contributed by atoms with van der Waals surface area (Å²) < 4.78 is 6.28. The summed E-state index contributed by atoms with van der Waals surface area (Å²) in [6.45, 7) is 0.906. The monoisotopic (exact) mass is 204 g/mol. The van der Waals surface area contributed by atoms with Crippen molar-refractivity contribution in [3.05, 3.63) is 20.8 Å². The molecule has 3 heteroatoms. The molecule has 2 rings (SSSR count). The van der Waals surface area contributed by atoms with Crippen molar-refractivity contribution in [3.8, 4) is 0 Å². The van der Waals surface area contributed by atoms with Crippen LogP contribution in [0, 0.1) is 0 Å². The van der Waals surface area contributed by atoms with Crippen LogP contribution in [0.5, 0.6) is 0 Å². The van der Waals surface area contributed by atoms with Crippen LogP contribution in [0.25, 0.3) is 0 Å². The van der Waals surface area contributed by atoms with Crippen LogP contribution in [-0.4, -0.2) is 6.61 Å². The van der Waals surface area contributed by atoms with E-state index in [2.05, 4.69) is 27.4 Å². The molecule has 48 valence electrons. The Bertz CT molecular complexity index is 217. The van der Waals surface area contributed by atoms with Crippen molar-refractivity contribution in [1.82, 2.24) is 0 Å². The van der Waals surface area contributed by atoms with Gasteiger partial charge in [-0.3, -0.25) is 0 Å². The van der Waals surface area contributed by atoms with E-state index in [4.69, 9.17) is 4.74 Å². The molecule has 1 fully saturated rings. The van der Waals surface area contributed by atoms with Crippen LogP contribution in [0.3, 0.4) is 0 Å². The van der Waals surface area contributed by atoms with Crippen LogP contribution in [0.2, 0.25) is 0 Å². The average molecular weight is 205 g/mol. The highest BCUT2D eigenvalue weighted by Gasteiger charge is 2.25. The molecule has 2 heterocycles. The Kier molecular flexibility index (Phi) is 1.36. The first-order chi connectivity index (χ1) is 4.36. The van der Waals surface area contributed by atoms with Crippen LogP contribution in [0.4, 0.5) is 0 Å². The lowest BCUT2D eigenvalue weighted by atomic mass is 10.3. The minimum Gasteiger partial charge on any atom is -0.368 e. The van der Waals surface area contributed by atoms with Crippen molar-refractivity contribution in [2.75, 3.05) is 6.61 Å². The Morgan fingerprint density at radius 2 is 2.56 bits per heavy atom. The third-order valence-corrected chi connectivity index (χ3v) is 2.82. The zero-order chi connectivity index (χ0) is 6.27. The Labute approximate surface area is 65.8 Å². The maximum absolute atomic E-state index is 5.09. The maximum atomic E-state index is 5.09. The summed E-state index contributed by atoms with van der Waals surface area (Å²) in [5.41, 5.74) is 1.31. The van der Waals surface area contributed by atoms with Crippen molar-refractivity contribution in [3.63, 3.8) is 0 Å². The topological polar surface area (TPSA) is 12.5 Å². The van der Waals surface area contributed by atoms with Gasteiger partial charge in [-0.15, -0.1) is 11.3 Å². The quantitative estimate of drug-likeness (QED) is 0.642. The zero-order valence-electron chi connectivity index (χ0n) is 4.63. The molecular formula is C6H5BrOS. The van der Waals surface area contributed by atoms with Crippen LogP contribution >= 0.6 is 27.3 Å². The van der Waals surface area contributed by atoms with Crippen molar-refractivity contribution in [2.24, 2.45) is 0 Å². The summed E-state index contributed by atoms with van der Waals surface area (Å²) in [4.78, 5) is 0. The molecule has 0 aliphatic carbocycles. The van der Waals surface area contributed by atoms with Gasteiger partial charge >= 0.3 is 0 Å². The Morgan fingerprint density at radius 3 is 3.00 bits per heavy atom. The molecule has 1 aromatic rings. The number of halogens is 1. The first-order valence-corrected chi connectivity index (χ1v) is 4.39. The van der Waals surface area contributed by atoms with E-state index < -0.39 is 0 Å². The van der Waals surface area contributed by atoms with Crippen molar-refractivity contribution in [1.29, 1.82) is 0 Å². The van der Waals surface area contributed by atoms with Crippen molar-refractivity contribution >= 4 is 27.3 Å². The molecule has 1 aliphatic rings. The third kappa shape index (κ3) is 1.18. The molecule has 9 heavy (non-hydrogen) atoms. The van der Waals surface area contributed by atoms with Crippen molar-refractivity contribution < 1.29 is 4.74 Å². The molecule has 0 radical (unpaired) electrons. The lowest BCUT2D eigenvalue weighted by Crippen LogP contribution is -1.69. The molecular weight excluding hydrogens is 200 g/mol. The average Bonchev–Trinajstić information content (AvgIpc) is 2.58. The Balaban J connectivity index is 2.28. The number of hydrogen-bond acceptors (Lipinski definition) is 2. The van der Waals surface area contributed by atoms with E-state index in [1.807, 2.05) is 0 Å². The third-order valence-electron chi connectivity index (χ3n) is 1.29. The van der Waals surface area contributed by atoms with Gasteiger partial charge in [-0.2, -0.15) is 0 Å². The van der Waals surface area contributed by atoms with E-state index in [0.29, 0.717) is 6.10 Å². The summed E-state index contributed by atoms with van der Waals surface area (Å²) >= 11 is 5.10. The summed E-state index contributed by atoms with van der Waals surface area (Å²) in [6, 6.07) is 2.11. The van der Waals surface area contributed by atoms with Gasteiger partial charge in [0.25, 0.3) is 0 Å². The summed E-state index contributed by atoms with van der Waals surface area (Å²) in [6.07, 6.45) is 0.410. The van der Waals surface area contributed by atoms with Crippen LogP contribution in [0.1, 0.15) is 11.7 Å². The molecule has 0 N–H and O–H groups in total. The predicted molar refractivity (Wildman–Crippen MR) is 40.7 cm³/mol. The lowest BCUT2D eigenvalue weighted by molar-refractivity contribution is 0.416. The molecule has 1 atom stereocenters. The van der Waals surface area contributed by atoms with Gasteiger partial charge in [-0.25, -0.2) is 0 Å². The van der Waals surface area contributed by atoms with E-state index in [-0.39, 0.29) is 0 Å². The number of hydrogen-bond donors (Lipinski definition) is 0. The van der Waals surface area contributed by atoms with Gasteiger partial charge in [0.1, 0.15) is 6.10 Å². The number of thiophene rings is 1. The van der Waals surface area contributed by atoms with Crippen molar-refractivity contribution in [2.45, 2.75) is 6.10 Å². The van der Waals surface area contributed by atoms with E-state index in [1.165, 1.54) is 9.35 Å². The van der Waals surface area contributed by atoms with E-state index in [0.717, 1.165) is 6.61 Å². The van der Waals surface area contributed by atoms with Gasteiger partial charge in [-0.05, 0) is 32.9 Å². The Hall–Kier alpha value is 0.140. The fraction of sp³-hybridized carbons (Fsp3) is 0.333. The minimum atomic E-state index is 0.410. The summed E-state index contributed by atoms with van der Waals surface area (Å²) in [5.74, 6) is 0. The smallest absolute Gasteiger partial charge is 0.107 e. The largest absolute Gasteiger partial charge is 0.368 e. The maximum Gasteiger partial charge on any atom is 0.107 e. The number of rotatable bonds is 1. The van der Waals surface area contributed by atoms with Gasteiger partial charge < -0.3 is 4.74 Å². The normalized spacial score (nSPS) is 24.3. The summed E-state index contributed by atoms with van der Waals surface area (Å²) in [7, 11) is 0. The van der Waals surface area contributed by atoms with Crippen LogP contribution < -0.4 is 0 Å². The highest BCUT2D eigenvalue weighted by Crippen LogP contribution is 2.34. The fourth-order valence-electron chi connectivity index (χ4n) is 0.733. The second-order valence-corrected chi connectivity index (χ2v) is 4.30. The molecule has 1 aliphatic heterocycles. The van der Waals surface area contributed by atoms with Gasteiger partial charge in [0.05, 0.1) is 10.4 Å². The second kappa shape index (κ2) is 2.08. The van der Waals surface area contributed by atoms with Gasteiger partial charge in [0.15, 0.2) is 0 Å². The molecule has 0 bridgehead atoms. The highest BCUT2D eigenvalue weighted by atomic mass is 79.9. The SMILES string of the molecule is Brc1cc([C@@H]2CO2)cs1. The van der Waals surface area contributed by atoms with Crippen LogP contribution in [-0.2, 0) is 4.74 Å². The molecule has 0 saturated carbocycles. The fourth-order valence-corrected chi connectivity index (χ4v) is 1.95. The minimum absolute atomic E-state index is 0.410. The van der Waals surface area contributed by atoms with Gasteiger partial charge in [0, 0.05) is 0 Å². The first kappa shape index (κ1) is 5.89. The highest BCUT2D eigenvalue weighted by molar-refractivity contribution is 9.11. The molecule has 0 spiro atoms. The lowest BCUT2D eigenvalue weighted by Gasteiger charge is -1.80. The molecule has 0 aromatic carbocycles. The van der Waals surface area contributed by atoms with Crippen LogP contribution in [0.15, 0.2) is 15.2 Å². The predicted octanol–water partition coefficient (Wildman–Crippen LogP) is 2.58. The molecule has 1 saturated heterocycles. The van der Waals surface area contributed by atoms with E-state index in [1.54, 1.807) is 11.3 Å². The Morgan fingerprint density at radius 1 is 1.78 bits per heavy atom. The molecule has 0 unspecified atom stereocenters. The van der Waals surface area contributed by atoms with Gasteiger partial charge in [-0.1, -0.05) is 0 Å². The van der Waals surface area contributed by atoms with E-state index in [9.17, 15) is 0 Å².